The van der Waals surface area contributed by atoms with Crippen LogP contribution in [0.25, 0.3) is 0 Å². The second kappa shape index (κ2) is 6.21. The van der Waals surface area contributed by atoms with E-state index in [2.05, 4.69) is 40.4 Å². The molecule has 2 atom stereocenters. The molecule has 1 aliphatic carbocycles. The zero-order valence-corrected chi connectivity index (χ0v) is 12.5. The Hall–Kier alpha value is -0.0500. The van der Waals surface area contributed by atoms with E-state index in [1.807, 2.05) is 6.07 Å². The van der Waals surface area contributed by atoms with Gasteiger partial charge in [0.2, 0.25) is 0 Å². The highest BCUT2D eigenvalue weighted by atomic mass is 79.9. The van der Waals surface area contributed by atoms with Gasteiger partial charge in [-0.2, -0.15) is 0 Å². The van der Waals surface area contributed by atoms with E-state index in [4.69, 9.17) is 11.6 Å². The molecule has 1 fully saturated rings. The molecule has 2 rings (SSSR count). The van der Waals surface area contributed by atoms with Crippen molar-refractivity contribution >= 4 is 27.5 Å². The van der Waals surface area contributed by atoms with Crippen molar-refractivity contribution in [3.8, 4) is 0 Å². The maximum atomic E-state index is 6.29. The molecule has 3 heteroatoms. The van der Waals surface area contributed by atoms with Gasteiger partial charge in [0, 0.05) is 15.5 Å². The zero-order chi connectivity index (χ0) is 12.3. The minimum Gasteiger partial charge on any atom is -0.317 e. The number of halogens is 2. The van der Waals surface area contributed by atoms with Crippen LogP contribution >= 0.6 is 27.5 Å². The van der Waals surface area contributed by atoms with Gasteiger partial charge in [0.15, 0.2) is 0 Å². The first-order chi connectivity index (χ1) is 8.20. The first kappa shape index (κ1) is 13.4. The zero-order valence-electron chi connectivity index (χ0n) is 10.2. The van der Waals surface area contributed by atoms with Crippen molar-refractivity contribution in [1.29, 1.82) is 0 Å². The van der Waals surface area contributed by atoms with Crippen molar-refractivity contribution in [2.75, 3.05) is 7.05 Å². The Morgan fingerprint density at radius 2 is 2.12 bits per heavy atom. The van der Waals surface area contributed by atoms with Crippen LogP contribution in [-0.4, -0.2) is 13.1 Å². The summed E-state index contributed by atoms with van der Waals surface area (Å²) in [6, 6.07) is 6.88. The molecule has 17 heavy (non-hydrogen) atoms. The van der Waals surface area contributed by atoms with E-state index in [-0.39, 0.29) is 0 Å². The fraction of sp³-hybridized carbons (Fsp3) is 0.571. The Morgan fingerprint density at radius 1 is 1.35 bits per heavy atom. The van der Waals surface area contributed by atoms with Crippen molar-refractivity contribution in [2.45, 2.75) is 38.1 Å². The highest BCUT2D eigenvalue weighted by molar-refractivity contribution is 9.10. The summed E-state index contributed by atoms with van der Waals surface area (Å²) >= 11 is 9.74. The minimum absolute atomic E-state index is 0.656. The predicted molar refractivity (Wildman–Crippen MR) is 77.7 cm³/mol. The smallest absolute Gasteiger partial charge is 0.0449 e. The predicted octanol–water partition coefficient (Wildman–Crippen LogP) is 4.42. The molecule has 0 aliphatic heterocycles. The van der Waals surface area contributed by atoms with Gasteiger partial charge in [-0.3, -0.25) is 0 Å². The molecule has 0 heterocycles. The van der Waals surface area contributed by atoms with E-state index in [0.29, 0.717) is 6.04 Å². The van der Waals surface area contributed by atoms with Gasteiger partial charge in [0.05, 0.1) is 0 Å². The molecule has 0 spiro atoms. The minimum atomic E-state index is 0.656. The van der Waals surface area contributed by atoms with Gasteiger partial charge in [0.1, 0.15) is 0 Å². The van der Waals surface area contributed by atoms with Crippen molar-refractivity contribution in [3.63, 3.8) is 0 Å². The van der Waals surface area contributed by atoms with Crippen molar-refractivity contribution in [1.82, 2.24) is 5.32 Å². The summed E-state index contributed by atoms with van der Waals surface area (Å²) in [6.07, 6.45) is 6.43. The average Bonchev–Trinajstić information content (AvgIpc) is 2.33. The molecule has 0 aromatic heterocycles. The van der Waals surface area contributed by atoms with E-state index < -0.39 is 0 Å². The van der Waals surface area contributed by atoms with Crippen LogP contribution in [0.3, 0.4) is 0 Å². The molecule has 1 N–H and O–H groups in total. The van der Waals surface area contributed by atoms with Crippen LogP contribution in [-0.2, 0) is 6.42 Å². The molecular formula is C14H19BrClN. The van der Waals surface area contributed by atoms with Gasteiger partial charge in [-0.25, -0.2) is 0 Å². The Morgan fingerprint density at radius 3 is 2.82 bits per heavy atom. The SMILES string of the molecule is CNC1CCCCC1Cc1ccc(Br)cc1Cl. The molecule has 1 nitrogen and oxygen atoms in total. The van der Waals surface area contributed by atoms with E-state index in [9.17, 15) is 0 Å². The van der Waals surface area contributed by atoms with Crippen LogP contribution < -0.4 is 5.32 Å². The van der Waals surface area contributed by atoms with Crippen LogP contribution in [0.2, 0.25) is 5.02 Å². The fourth-order valence-electron chi connectivity index (χ4n) is 2.80. The number of hydrogen-bond donors (Lipinski definition) is 1. The lowest BCUT2D eigenvalue weighted by Gasteiger charge is -2.31. The van der Waals surface area contributed by atoms with E-state index in [0.717, 1.165) is 21.8 Å². The normalized spacial score (nSPS) is 24.9. The number of hydrogen-bond acceptors (Lipinski definition) is 1. The second-order valence-corrected chi connectivity index (χ2v) is 6.20. The molecule has 0 radical (unpaired) electrons. The topological polar surface area (TPSA) is 12.0 Å². The Bertz CT molecular complexity index is 380. The van der Waals surface area contributed by atoms with E-state index in [1.54, 1.807) is 0 Å². The Balaban J connectivity index is 2.08. The lowest BCUT2D eigenvalue weighted by molar-refractivity contribution is 0.273. The first-order valence-electron chi connectivity index (χ1n) is 6.32. The third kappa shape index (κ3) is 3.46. The third-order valence-corrected chi connectivity index (χ3v) is 4.62. The van der Waals surface area contributed by atoms with Gasteiger partial charge >= 0.3 is 0 Å². The van der Waals surface area contributed by atoms with Crippen LogP contribution in [0.5, 0.6) is 0 Å². The summed E-state index contributed by atoms with van der Waals surface area (Å²) in [6.45, 7) is 0. The summed E-state index contributed by atoms with van der Waals surface area (Å²) in [5.41, 5.74) is 1.28. The molecule has 94 valence electrons. The van der Waals surface area contributed by atoms with Gasteiger partial charge in [0.25, 0.3) is 0 Å². The highest BCUT2D eigenvalue weighted by Gasteiger charge is 2.24. The average molecular weight is 317 g/mol. The molecule has 2 unspecified atom stereocenters. The summed E-state index contributed by atoms with van der Waals surface area (Å²) in [5.74, 6) is 0.729. The van der Waals surface area contributed by atoms with E-state index >= 15 is 0 Å². The number of rotatable bonds is 3. The fourth-order valence-corrected chi connectivity index (χ4v) is 3.55. The second-order valence-electron chi connectivity index (χ2n) is 4.88. The van der Waals surface area contributed by atoms with Gasteiger partial charge in [-0.1, -0.05) is 46.4 Å². The maximum Gasteiger partial charge on any atom is 0.0449 e. The van der Waals surface area contributed by atoms with E-state index in [1.165, 1.54) is 31.2 Å². The summed E-state index contributed by atoms with van der Waals surface area (Å²) < 4.78 is 1.06. The first-order valence-corrected chi connectivity index (χ1v) is 7.49. The Kier molecular flexibility index (Phi) is 4.89. The molecule has 1 aliphatic rings. The summed E-state index contributed by atoms with van der Waals surface area (Å²) in [5, 5.41) is 4.34. The summed E-state index contributed by atoms with van der Waals surface area (Å²) in [4.78, 5) is 0. The summed E-state index contributed by atoms with van der Waals surface area (Å²) in [7, 11) is 2.08. The molecule has 1 saturated carbocycles. The third-order valence-electron chi connectivity index (χ3n) is 3.78. The monoisotopic (exact) mass is 315 g/mol. The highest BCUT2D eigenvalue weighted by Crippen LogP contribution is 2.30. The Labute approximate surface area is 117 Å². The lowest BCUT2D eigenvalue weighted by Crippen LogP contribution is -2.37. The van der Waals surface area contributed by atoms with Gasteiger partial charge < -0.3 is 5.32 Å². The van der Waals surface area contributed by atoms with Gasteiger partial charge in [-0.15, -0.1) is 0 Å². The molecule has 0 amide bonds. The van der Waals surface area contributed by atoms with Crippen molar-refractivity contribution in [2.24, 2.45) is 5.92 Å². The standard InChI is InChI=1S/C14H19BrClN/c1-17-14-5-3-2-4-11(14)8-10-6-7-12(15)9-13(10)16/h6-7,9,11,14,17H,2-5,8H2,1H3. The van der Waals surface area contributed by atoms with Crippen LogP contribution in [0.4, 0.5) is 0 Å². The van der Waals surface area contributed by atoms with Crippen molar-refractivity contribution in [3.05, 3.63) is 33.3 Å². The van der Waals surface area contributed by atoms with Crippen LogP contribution in [0.15, 0.2) is 22.7 Å². The number of nitrogens with one attached hydrogen (secondary N) is 1. The molecule has 0 saturated heterocycles. The van der Waals surface area contributed by atoms with Crippen molar-refractivity contribution < 1.29 is 0 Å². The largest absolute Gasteiger partial charge is 0.317 e. The quantitative estimate of drug-likeness (QED) is 0.870. The molecule has 0 bridgehead atoms. The van der Waals surface area contributed by atoms with Crippen LogP contribution in [0, 0.1) is 5.92 Å². The molecular weight excluding hydrogens is 298 g/mol. The number of benzene rings is 1. The van der Waals surface area contributed by atoms with Gasteiger partial charge in [-0.05, 0) is 49.9 Å². The lowest BCUT2D eigenvalue weighted by atomic mass is 9.81. The molecule has 1 aromatic rings. The molecule has 1 aromatic carbocycles. The van der Waals surface area contributed by atoms with Crippen LogP contribution in [0.1, 0.15) is 31.2 Å². The maximum absolute atomic E-state index is 6.29.